The van der Waals surface area contributed by atoms with Gasteiger partial charge < -0.3 is 4.37 Å². The second kappa shape index (κ2) is 2.52. The first-order chi connectivity index (χ1) is 4.25. The summed E-state index contributed by atoms with van der Waals surface area (Å²) in [4.78, 5) is 0.581. The maximum Gasteiger partial charge on any atom is 0.142 e. The summed E-state index contributed by atoms with van der Waals surface area (Å²) in [5.74, 6) is 0. The van der Waals surface area contributed by atoms with Crippen LogP contribution in [0.25, 0.3) is 0 Å². The first kappa shape index (κ1) is 6.81. The lowest BCUT2D eigenvalue weighted by atomic mass is 10.5. The molecule has 2 nitrogen and oxygen atoms in total. The monoisotopic (exact) mass is 174 g/mol. The van der Waals surface area contributed by atoms with E-state index in [9.17, 15) is 0 Å². The fourth-order valence-electron chi connectivity index (χ4n) is 0.372. The van der Waals surface area contributed by atoms with Gasteiger partial charge in [-0.25, -0.2) is 0 Å². The lowest BCUT2D eigenvalue weighted by Crippen LogP contribution is -1.69. The molecule has 1 N–H and O–H groups in total. The minimum absolute atomic E-state index is 0.452. The molecular weight excluding hydrogens is 172 g/mol. The molecule has 0 saturated carbocycles. The highest BCUT2D eigenvalue weighted by atomic mass is 32.2. The standard InChI is InChI=1S/C4H2N2S3/c5-1-2-3(7)4(8)9-6-2/h6-7H. The van der Waals surface area contributed by atoms with E-state index < -0.39 is 0 Å². The molecule has 0 aliphatic heterocycles. The van der Waals surface area contributed by atoms with Crippen molar-refractivity contribution in [1.29, 1.82) is 5.26 Å². The molecule has 0 bridgehead atoms. The summed E-state index contributed by atoms with van der Waals surface area (Å²) in [5, 5.41) is 8.36. The number of rotatable bonds is 0. The molecule has 0 fully saturated rings. The Kier molecular flexibility index (Phi) is 1.90. The minimum Gasteiger partial charge on any atom is -0.300 e. The minimum atomic E-state index is 0.452. The fourth-order valence-corrected chi connectivity index (χ4v) is 1.46. The predicted molar refractivity (Wildman–Crippen MR) is 41.5 cm³/mol. The Morgan fingerprint density at radius 1 is 1.78 bits per heavy atom. The van der Waals surface area contributed by atoms with Crippen molar-refractivity contribution in [3.05, 3.63) is 9.52 Å². The van der Waals surface area contributed by atoms with Crippen molar-refractivity contribution < 1.29 is 0 Å². The fraction of sp³-hybridized carbons (Fsp3) is 0. The number of nitrogens with one attached hydrogen (secondary N) is 1. The van der Waals surface area contributed by atoms with Crippen LogP contribution in [0, 0.1) is 15.2 Å². The Hall–Kier alpha value is -0.310. The van der Waals surface area contributed by atoms with E-state index in [1.54, 1.807) is 0 Å². The highest BCUT2D eigenvalue weighted by Gasteiger charge is 1.99. The maximum atomic E-state index is 8.36. The first-order valence-electron chi connectivity index (χ1n) is 2.06. The first-order valence-corrected chi connectivity index (χ1v) is 3.73. The van der Waals surface area contributed by atoms with Crippen LogP contribution < -0.4 is 0 Å². The summed E-state index contributed by atoms with van der Waals surface area (Å²) in [7, 11) is 0. The molecule has 1 aromatic heterocycles. The van der Waals surface area contributed by atoms with E-state index in [1.165, 1.54) is 11.5 Å². The van der Waals surface area contributed by atoms with E-state index >= 15 is 0 Å². The zero-order chi connectivity index (χ0) is 6.85. The molecule has 0 atom stereocenters. The molecule has 0 aliphatic rings. The van der Waals surface area contributed by atoms with Gasteiger partial charge in [-0.05, 0) is 11.5 Å². The molecule has 0 spiro atoms. The van der Waals surface area contributed by atoms with Gasteiger partial charge >= 0.3 is 0 Å². The second-order valence-electron chi connectivity index (χ2n) is 1.33. The molecule has 1 aromatic rings. The molecule has 0 saturated heterocycles. The van der Waals surface area contributed by atoms with Gasteiger partial charge in [0.25, 0.3) is 0 Å². The zero-order valence-electron chi connectivity index (χ0n) is 4.21. The average molecular weight is 174 g/mol. The molecule has 5 heteroatoms. The molecule has 1 rings (SSSR count). The van der Waals surface area contributed by atoms with Crippen molar-refractivity contribution in [3.8, 4) is 6.07 Å². The van der Waals surface area contributed by atoms with Gasteiger partial charge in [-0.15, -0.1) is 12.6 Å². The van der Waals surface area contributed by atoms with Crippen LogP contribution in [0.1, 0.15) is 5.69 Å². The van der Waals surface area contributed by atoms with Gasteiger partial charge in [0.15, 0.2) is 0 Å². The number of hydrogen-bond donors (Lipinski definition) is 2. The number of nitriles is 1. The number of aromatic nitrogens is 1. The Balaban J connectivity index is 3.41. The molecule has 0 radical (unpaired) electrons. The van der Waals surface area contributed by atoms with Gasteiger partial charge in [-0.1, -0.05) is 12.2 Å². The summed E-state index contributed by atoms with van der Waals surface area (Å²) in [6, 6.07) is 1.93. The average Bonchev–Trinajstić information content (AvgIpc) is 2.15. The lowest BCUT2D eigenvalue weighted by Gasteiger charge is -1.76. The van der Waals surface area contributed by atoms with Crippen molar-refractivity contribution in [2.24, 2.45) is 0 Å². The van der Waals surface area contributed by atoms with Crippen molar-refractivity contribution in [3.63, 3.8) is 0 Å². The summed E-state index contributed by atoms with van der Waals surface area (Å²) in [6.45, 7) is 0. The molecule has 0 amide bonds. The Bertz CT molecular complexity index is 302. The van der Waals surface area contributed by atoms with E-state index in [0.717, 1.165) is 0 Å². The van der Waals surface area contributed by atoms with Crippen LogP contribution in [0.5, 0.6) is 0 Å². The lowest BCUT2D eigenvalue weighted by molar-refractivity contribution is 1.33. The summed E-state index contributed by atoms with van der Waals surface area (Å²) >= 11 is 10.0. The van der Waals surface area contributed by atoms with Crippen molar-refractivity contribution in [2.75, 3.05) is 0 Å². The van der Waals surface area contributed by atoms with Crippen LogP contribution in [0.3, 0.4) is 0 Å². The predicted octanol–water partition coefficient (Wildman–Crippen LogP) is 1.97. The topological polar surface area (TPSA) is 39.6 Å². The Labute approximate surface area is 66.7 Å². The molecule has 0 aliphatic carbocycles. The quantitative estimate of drug-likeness (QED) is 0.466. The van der Waals surface area contributed by atoms with E-state index in [-0.39, 0.29) is 0 Å². The van der Waals surface area contributed by atoms with Gasteiger partial charge in [0.2, 0.25) is 0 Å². The third-order valence-electron chi connectivity index (χ3n) is 0.788. The van der Waals surface area contributed by atoms with Crippen LogP contribution in [-0.2, 0) is 0 Å². The Morgan fingerprint density at radius 3 is 2.67 bits per heavy atom. The second-order valence-corrected chi connectivity index (χ2v) is 3.26. The van der Waals surface area contributed by atoms with E-state index in [2.05, 4.69) is 17.0 Å². The summed E-state index contributed by atoms with van der Waals surface area (Å²) in [6.07, 6.45) is 0. The smallest absolute Gasteiger partial charge is 0.142 e. The van der Waals surface area contributed by atoms with Crippen molar-refractivity contribution in [1.82, 2.24) is 4.37 Å². The largest absolute Gasteiger partial charge is 0.300 e. The van der Waals surface area contributed by atoms with Gasteiger partial charge in [0, 0.05) is 0 Å². The highest BCUT2D eigenvalue weighted by molar-refractivity contribution is 7.81. The number of nitrogens with zero attached hydrogens (tertiary/aromatic N) is 1. The third kappa shape index (κ3) is 1.15. The van der Waals surface area contributed by atoms with Crippen molar-refractivity contribution >= 4 is 36.4 Å². The number of thiol groups is 1. The zero-order valence-corrected chi connectivity index (χ0v) is 6.74. The van der Waals surface area contributed by atoms with Crippen LogP contribution in [0.4, 0.5) is 0 Å². The number of H-pyrrole nitrogens is 1. The molecule has 1 heterocycles. The number of hydrogen-bond acceptors (Lipinski definition) is 4. The van der Waals surface area contributed by atoms with Crippen molar-refractivity contribution in [2.45, 2.75) is 4.90 Å². The van der Waals surface area contributed by atoms with E-state index in [1.807, 2.05) is 6.07 Å². The SMILES string of the molecule is N#Cc1[nH]sc(=S)c1S. The number of aromatic amines is 1. The normalized spacial score (nSPS) is 8.89. The van der Waals surface area contributed by atoms with Crippen LogP contribution in [0.2, 0.25) is 0 Å². The van der Waals surface area contributed by atoms with Gasteiger partial charge in [-0.2, -0.15) is 5.26 Å². The van der Waals surface area contributed by atoms with Gasteiger partial charge in [0.1, 0.15) is 15.6 Å². The summed E-state index contributed by atoms with van der Waals surface area (Å²) in [5.41, 5.74) is 0.452. The van der Waals surface area contributed by atoms with Crippen LogP contribution in [-0.4, -0.2) is 4.37 Å². The van der Waals surface area contributed by atoms with Gasteiger partial charge in [0.05, 0.1) is 4.90 Å². The third-order valence-corrected chi connectivity index (χ3v) is 2.69. The maximum absolute atomic E-state index is 8.36. The molecule has 0 unspecified atom stereocenters. The molecular formula is C4H2N2S3. The van der Waals surface area contributed by atoms with Crippen LogP contribution in [0.15, 0.2) is 4.90 Å². The van der Waals surface area contributed by atoms with E-state index in [4.69, 9.17) is 17.5 Å². The Morgan fingerprint density at radius 2 is 2.44 bits per heavy atom. The van der Waals surface area contributed by atoms with Gasteiger partial charge in [-0.3, -0.25) is 0 Å². The molecule has 46 valence electrons. The molecule has 9 heavy (non-hydrogen) atoms. The van der Waals surface area contributed by atoms with E-state index in [0.29, 0.717) is 14.4 Å². The molecule has 0 aromatic carbocycles. The van der Waals surface area contributed by atoms with Crippen LogP contribution >= 0.6 is 36.4 Å². The highest BCUT2D eigenvalue weighted by Crippen LogP contribution is 2.16. The summed E-state index contributed by atoms with van der Waals surface area (Å²) < 4.78 is 3.36.